The fraction of sp³-hybridized carbons (Fsp3) is 0.556. The van der Waals surface area contributed by atoms with Crippen molar-refractivity contribution >= 4 is 22.8 Å². The molecule has 3 heterocycles. The Morgan fingerprint density at radius 2 is 1.88 bits per heavy atom. The van der Waals surface area contributed by atoms with Crippen molar-refractivity contribution in [2.45, 2.75) is 31.8 Å². The molecule has 0 saturated carbocycles. The predicted molar refractivity (Wildman–Crippen MR) is 103 cm³/mol. The van der Waals surface area contributed by atoms with Crippen molar-refractivity contribution in [3.05, 3.63) is 35.4 Å². The van der Waals surface area contributed by atoms with Gasteiger partial charge in [0.2, 0.25) is 0 Å². The number of fused-ring (bicyclic) bond motifs is 1. The first-order valence-corrected chi connectivity index (χ1v) is 9.79. The molecule has 7 nitrogen and oxygen atoms in total. The molecule has 8 heteroatoms. The van der Waals surface area contributed by atoms with E-state index in [1.165, 1.54) is 17.3 Å². The number of benzene rings is 1. The Labute approximate surface area is 158 Å². The molecule has 0 spiro atoms. The molecule has 0 radical (unpaired) electrons. The molecule has 1 saturated heterocycles. The van der Waals surface area contributed by atoms with E-state index in [0.717, 1.165) is 61.7 Å². The molecule has 1 aromatic carbocycles. The van der Waals surface area contributed by atoms with Crippen molar-refractivity contribution in [3.63, 3.8) is 0 Å². The molecule has 1 aliphatic rings. The van der Waals surface area contributed by atoms with Gasteiger partial charge in [0.05, 0.1) is 18.3 Å². The minimum Gasteiger partial charge on any atom is -0.317 e. The third-order valence-electron chi connectivity index (χ3n) is 5.13. The second kappa shape index (κ2) is 7.38. The van der Waals surface area contributed by atoms with E-state index < -0.39 is 0 Å². The van der Waals surface area contributed by atoms with Crippen LogP contribution in [0.4, 0.5) is 0 Å². The second-order valence-electron chi connectivity index (χ2n) is 7.41. The largest absolute Gasteiger partial charge is 0.317 e. The van der Waals surface area contributed by atoms with Crippen LogP contribution in [0.5, 0.6) is 0 Å². The van der Waals surface area contributed by atoms with E-state index in [9.17, 15) is 0 Å². The van der Waals surface area contributed by atoms with Crippen molar-refractivity contribution in [1.82, 2.24) is 33.3 Å². The molecule has 0 unspecified atom stereocenters. The molecule has 26 heavy (non-hydrogen) atoms. The number of hydrogen-bond acceptors (Lipinski definition) is 7. The van der Waals surface area contributed by atoms with E-state index in [1.807, 2.05) is 0 Å². The fourth-order valence-corrected chi connectivity index (χ4v) is 4.20. The first kappa shape index (κ1) is 17.5. The Hall–Kier alpha value is -1.90. The topological polar surface area (TPSA) is 63.0 Å². The fourth-order valence-electron chi connectivity index (χ4n) is 3.68. The molecule has 1 fully saturated rings. The molecular weight excluding hydrogens is 346 g/mol. The molecule has 0 amide bonds. The minimum atomic E-state index is 0.505. The van der Waals surface area contributed by atoms with Crippen LogP contribution in [0.2, 0.25) is 0 Å². The van der Waals surface area contributed by atoms with Crippen LogP contribution in [-0.2, 0) is 20.1 Å². The van der Waals surface area contributed by atoms with Crippen LogP contribution in [-0.4, -0.2) is 60.5 Å². The third-order valence-corrected chi connectivity index (χ3v) is 5.69. The van der Waals surface area contributed by atoms with Crippen LogP contribution in [0.3, 0.4) is 0 Å². The SMILES string of the molecule is CN(C)Cc1nnc(C2CCN(Cc3ccc4nsnc4c3)CC2)n1C. The van der Waals surface area contributed by atoms with Gasteiger partial charge in [-0.2, -0.15) is 8.75 Å². The van der Waals surface area contributed by atoms with E-state index in [-0.39, 0.29) is 0 Å². The van der Waals surface area contributed by atoms with E-state index in [2.05, 4.69) is 72.7 Å². The molecule has 0 aliphatic carbocycles. The highest BCUT2D eigenvalue weighted by Gasteiger charge is 2.25. The van der Waals surface area contributed by atoms with Crippen molar-refractivity contribution in [3.8, 4) is 0 Å². The summed E-state index contributed by atoms with van der Waals surface area (Å²) in [6, 6.07) is 6.42. The minimum absolute atomic E-state index is 0.505. The smallest absolute Gasteiger partial charge is 0.146 e. The first-order valence-electron chi connectivity index (χ1n) is 9.06. The summed E-state index contributed by atoms with van der Waals surface area (Å²) in [7, 11) is 6.22. The second-order valence-corrected chi connectivity index (χ2v) is 7.94. The zero-order valence-corrected chi connectivity index (χ0v) is 16.4. The van der Waals surface area contributed by atoms with Gasteiger partial charge >= 0.3 is 0 Å². The van der Waals surface area contributed by atoms with Crippen molar-refractivity contribution in [2.75, 3.05) is 27.2 Å². The highest BCUT2D eigenvalue weighted by molar-refractivity contribution is 7.00. The van der Waals surface area contributed by atoms with E-state index in [4.69, 9.17) is 0 Å². The summed E-state index contributed by atoms with van der Waals surface area (Å²) >= 11 is 1.28. The van der Waals surface area contributed by atoms with Crippen molar-refractivity contribution in [2.24, 2.45) is 7.05 Å². The lowest BCUT2D eigenvalue weighted by Crippen LogP contribution is -2.33. The summed E-state index contributed by atoms with van der Waals surface area (Å²) < 4.78 is 10.8. The van der Waals surface area contributed by atoms with E-state index in [0.29, 0.717) is 5.92 Å². The number of piperidine rings is 1. The van der Waals surface area contributed by atoms with Crippen molar-refractivity contribution < 1.29 is 0 Å². The molecule has 0 N–H and O–H groups in total. The van der Waals surface area contributed by atoms with E-state index in [1.54, 1.807) is 0 Å². The molecular formula is C18H25N7S. The molecule has 3 aromatic rings. The summed E-state index contributed by atoms with van der Waals surface area (Å²) in [5, 5.41) is 8.87. The predicted octanol–water partition coefficient (Wildman–Crippen LogP) is 2.26. The molecule has 1 aliphatic heterocycles. The number of likely N-dealkylation sites (tertiary alicyclic amines) is 1. The highest BCUT2D eigenvalue weighted by atomic mass is 32.1. The average Bonchev–Trinajstić information content (AvgIpc) is 3.22. The average molecular weight is 372 g/mol. The van der Waals surface area contributed by atoms with Gasteiger partial charge < -0.3 is 9.47 Å². The summed E-state index contributed by atoms with van der Waals surface area (Å²) in [6.45, 7) is 3.99. The van der Waals surface area contributed by atoms with Gasteiger partial charge in [-0.25, -0.2) is 0 Å². The van der Waals surface area contributed by atoms with Gasteiger partial charge in [0, 0.05) is 19.5 Å². The van der Waals surface area contributed by atoms with Crippen LogP contribution in [0.25, 0.3) is 11.0 Å². The molecule has 0 bridgehead atoms. The Kier molecular flexibility index (Phi) is 4.97. The summed E-state index contributed by atoms with van der Waals surface area (Å²) in [5.41, 5.74) is 3.32. The maximum absolute atomic E-state index is 4.48. The molecule has 4 rings (SSSR count). The monoisotopic (exact) mass is 371 g/mol. The van der Waals surface area contributed by atoms with Crippen LogP contribution in [0.1, 0.15) is 36.0 Å². The van der Waals surface area contributed by atoms with Gasteiger partial charge in [-0.05, 0) is 57.7 Å². The maximum atomic E-state index is 4.48. The summed E-state index contributed by atoms with van der Waals surface area (Å²) in [4.78, 5) is 4.65. The highest BCUT2D eigenvalue weighted by Crippen LogP contribution is 2.28. The van der Waals surface area contributed by atoms with Gasteiger partial charge in [-0.1, -0.05) is 6.07 Å². The number of aromatic nitrogens is 5. The molecule has 2 aromatic heterocycles. The van der Waals surface area contributed by atoms with Crippen LogP contribution >= 0.6 is 11.7 Å². The zero-order valence-electron chi connectivity index (χ0n) is 15.6. The Bertz CT molecular complexity index is 877. The van der Waals surface area contributed by atoms with Gasteiger partial charge in [0.1, 0.15) is 22.7 Å². The van der Waals surface area contributed by atoms with Crippen molar-refractivity contribution in [1.29, 1.82) is 0 Å². The quantitative estimate of drug-likeness (QED) is 0.686. The molecule has 138 valence electrons. The van der Waals surface area contributed by atoms with Gasteiger partial charge in [0.25, 0.3) is 0 Å². The lowest BCUT2D eigenvalue weighted by Gasteiger charge is -2.31. The van der Waals surface area contributed by atoms with Gasteiger partial charge in [0.15, 0.2) is 0 Å². The lowest BCUT2D eigenvalue weighted by molar-refractivity contribution is 0.200. The summed E-state index contributed by atoms with van der Waals surface area (Å²) in [6.07, 6.45) is 2.27. The number of nitrogens with zero attached hydrogens (tertiary/aromatic N) is 7. The zero-order chi connectivity index (χ0) is 18.1. The third kappa shape index (κ3) is 3.62. The van der Waals surface area contributed by atoms with Gasteiger partial charge in [-0.3, -0.25) is 4.90 Å². The number of hydrogen-bond donors (Lipinski definition) is 0. The van der Waals surface area contributed by atoms with Gasteiger partial charge in [-0.15, -0.1) is 10.2 Å². The Balaban J connectivity index is 1.37. The Morgan fingerprint density at radius 3 is 2.65 bits per heavy atom. The normalized spacial score (nSPS) is 16.8. The Morgan fingerprint density at radius 1 is 1.12 bits per heavy atom. The van der Waals surface area contributed by atoms with Crippen LogP contribution < -0.4 is 0 Å². The molecule has 0 atom stereocenters. The van der Waals surface area contributed by atoms with E-state index >= 15 is 0 Å². The maximum Gasteiger partial charge on any atom is 0.146 e. The van der Waals surface area contributed by atoms with Crippen LogP contribution in [0.15, 0.2) is 18.2 Å². The van der Waals surface area contributed by atoms with Crippen LogP contribution in [0, 0.1) is 0 Å². The number of rotatable bonds is 5. The standard InChI is InChI=1S/C18H25N7S/c1-23(2)12-17-19-20-18(24(17)3)14-6-8-25(9-7-14)11-13-4-5-15-16(10-13)22-26-21-15/h4-5,10,14H,6-9,11-12H2,1-3H3. The summed E-state index contributed by atoms with van der Waals surface area (Å²) in [5.74, 6) is 2.68. The lowest BCUT2D eigenvalue weighted by atomic mass is 9.95. The first-order chi connectivity index (χ1) is 12.6.